The second-order valence-corrected chi connectivity index (χ2v) is 6.51. The van der Waals surface area contributed by atoms with Gasteiger partial charge in [-0.3, -0.25) is 5.10 Å². The van der Waals surface area contributed by atoms with Crippen molar-refractivity contribution in [3.05, 3.63) is 34.3 Å². The first-order chi connectivity index (χ1) is 11.1. The maximum absolute atomic E-state index is 11.0. The van der Waals surface area contributed by atoms with E-state index in [-0.39, 0.29) is 10.7 Å². The summed E-state index contributed by atoms with van der Waals surface area (Å²) in [5.41, 5.74) is 0.805. The molecule has 0 aliphatic carbocycles. The van der Waals surface area contributed by atoms with Crippen LogP contribution in [-0.4, -0.2) is 38.6 Å². The number of methoxy groups -OCH3 is 1. The summed E-state index contributed by atoms with van der Waals surface area (Å²) in [6, 6.07) is 5.38. The molecule has 0 aliphatic heterocycles. The molecule has 0 bridgehead atoms. The fourth-order valence-electron chi connectivity index (χ4n) is 1.76. The largest absolute Gasteiger partial charge is 0.495 e. The van der Waals surface area contributed by atoms with Crippen LogP contribution in [0.1, 0.15) is 10.5 Å². The number of aromatic carboxylic acids is 1. The van der Waals surface area contributed by atoms with E-state index in [0.717, 1.165) is 22.3 Å². The Bertz CT molecular complexity index is 865. The van der Waals surface area contributed by atoms with Crippen molar-refractivity contribution in [3.8, 4) is 16.3 Å². The average Bonchev–Trinajstić information content (AvgIpc) is 3.17. The monoisotopic (exact) mass is 368 g/mol. The Morgan fingerprint density at radius 2 is 2.30 bits per heavy atom. The predicted molar refractivity (Wildman–Crippen MR) is 86.6 cm³/mol. The van der Waals surface area contributed by atoms with Gasteiger partial charge in [-0.2, -0.15) is 0 Å². The van der Waals surface area contributed by atoms with Gasteiger partial charge in [0.2, 0.25) is 0 Å². The van der Waals surface area contributed by atoms with Gasteiger partial charge in [0.25, 0.3) is 0 Å². The van der Waals surface area contributed by atoms with E-state index in [9.17, 15) is 4.79 Å². The van der Waals surface area contributed by atoms with Crippen molar-refractivity contribution >= 4 is 40.7 Å². The molecule has 7 nitrogen and oxygen atoms in total. The molecule has 0 fully saturated rings. The van der Waals surface area contributed by atoms with Gasteiger partial charge < -0.3 is 9.84 Å². The fourth-order valence-corrected chi connectivity index (χ4v) is 3.68. The summed E-state index contributed by atoms with van der Waals surface area (Å²) in [4.78, 5) is 15.5. The number of H-pyrrole nitrogens is 1. The average molecular weight is 369 g/mol. The van der Waals surface area contributed by atoms with Gasteiger partial charge in [0.05, 0.1) is 12.1 Å². The molecule has 23 heavy (non-hydrogen) atoms. The number of hydrogen-bond acceptors (Lipinski definition) is 7. The molecule has 0 atom stereocenters. The fraction of sp³-hybridized carbons (Fsp3) is 0.0769. The van der Waals surface area contributed by atoms with Crippen molar-refractivity contribution in [2.75, 3.05) is 7.11 Å². The van der Waals surface area contributed by atoms with E-state index in [1.807, 2.05) is 11.4 Å². The number of aromatic nitrogens is 4. The first kappa shape index (κ1) is 15.8. The van der Waals surface area contributed by atoms with E-state index < -0.39 is 5.97 Å². The van der Waals surface area contributed by atoms with Crippen LogP contribution in [0.2, 0.25) is 5.02 Å². The van der Waals surface area contributed by atoms with E-state index in [1.165, 1.54) is 11.3 Å². The minimum absolute atomic E-state index is 0.0577. The maximum Gasteiger partial charge on any atom is 0.356 e. The number of hydrogen-bond donors (Lipinski definition) is 2. The molecule has 2 heterocycles. The van der Waals surface area contributed by atoms with Crippen LogP contribution >= 0.6 is 34.7 Å². The quantitative estimate of drug-likeness (QED) is 0.711. The van der Waals surface area contributed by atoms with Crippen LogP contribution in [0.15, 0.2) is 33.6 Å². The summed E-state index contributed by atoms with van der Waals surface area (Å²) >= 11 is 8.57. The second-order valence-electron chi connectivity index (χ2n) is 4.24. The smallest absolute Gasteiger partial charge is 0.356 e. The Balaban J connectivity index is 1.86. The summed E-state index contributed by atoms with van der Waals surface area (Å²) in [6.45, 7) is 0. The Hall–Kier alpha value is -2.10. The molecule has 118 valence electrons. The third kappa shape index (κ3) is 3.31. The maximum atomic E-state index is 11.0. The minimum atomic E-state index is -1.12. The molecule has 3 rings (SSSR count). The second kappa shape index (κ2) is 6.57. The highest BCUT2D eigenvalue weighted by Gasteiger charge is 2.17. The van der Waals surface area contributed by atoms with E-state index >= 15 is 0 Å². The van der Waals surface area contributed by atoms with Gasteiger partial charge in [0.1, 0.15) is 15.8 Å². The van der Waals surface area contributed by atoms with E-state index in [2.05, 4.69) is 20.4 Å². The molecule has 10 heteroatoms. The number of carboxylic acids is 1. The number of benzene rings is 1. The van der Waals surface area contributed by atoms with Gasteiger partial charge in [-0.05, 0) is 23.9 Å². The summed E-state index contributed by atoms with van der Waals surface area (Å²) in [5.74, 6) is -0.548. The van der Waals surface area contributed by atoms with Gasteiger partial charge in [0.15, 0.2) is 10.7 Å². The Morgan fingerprint density at radius 3 is 3.04 bits per heavy atom. The molecule has 2 aromatic heterocycles. The highest BCUT2D eigenvalue weighted by atomic mass is 35.5. The van der Waals surface area contributed by atoms with Crippen molar-refractivity contribution in [3.63, 3.8) is 0 Å². The summed E-state index contributed by atoms with van der Waals surface area (Å²) in [6.07, 6.45) is 0. The van der Waals surface area contributed by atoms with Gasteiger partial charge in [-0.15, -0.1) is 16.4 Å². The molecule has 1 aromatic carbocycles. The van der Waals surface area contributed by atoms with Gasteiger partial charge in [0, 0.05) is 10.9 Å². The molecule has 0 amide bonds. The van der Waals surface area contributed by atoms with Crippen LogP contribution in [-0.2, 0) is 0 Å². The number of carbonyl (C=O) groups is 1. The minimum Gasteiger partial charge on any atom is -0.495 e. The molecule has 3 aromatic rings. The Labute approximate surface area is 143 Å². The molecule has 0 saturated carbocycles. The number of rotatable bonds is 5. The van der Waals surface area contributed by atoms with Gasteiger partial charge >= 0.3 is 5.97 Å². The van der Waals surface area contributed by atoms with Crippen molar-refractivity contribution < 1.29 is 14.6 Å². The van der Waals surface area contributed by atoms with Crippen LogP contribution in [0.5, 0.6) is 5.75 Å². The van der Waals surface area contributed by atoms with Crippen molar-refractivity contribution in [2.45, 2.75) is 10.1 Å². The molecule has 0 saturated heterocycles. The zero-order valence-electron chi connectivity index (χ0n) is 11.6. The number of halogens is 1. The lowest BCUT2D eigenvalue weighted by molar-refractivity contribution is 0.0686. The SMILES string of the molecule is COc1cc(-c2nc(Sc3nn[nH]c3C(=O)O)cs2)ccc1Cl. The van der Waals surface area contributed by atoms with Crippen molar-refractivity contribution in [2.24, 2.45) is 0 Å². The number of thiazole rings is 1. The number of aromatic amines is 1. The van der Waals surface area contributed by atoms with E-state index in [4.69, 9.17) is 21.4 Å². The van der Waals surface area contributed by atoms with Crippen LogP contribution < -0.4 is 4.74 Å². The molecule has 0 radical (unpaired) electrons. The number of nitrogens with one attached hydrogen (secondary N) is 1. The highest BCUT2D eigenvalue weighted by molar-refractivity contribution is 7.99. The number of ether oxygens (including phenoxy) is 1. The Morgan fingerprint density at radius 1 is 1.48 bits per heavy atom. The summed E-state index contributed by atoms with van der Waals surface area (Å²) in [5, 5.41) is 22.7. The topological polar surface area (TPSA) is 101 Å². The molecule has 0 aliphatic rings. The molecule has 0 unspecified atom stereocenters. The van der Waals surface area contributed by atoms with Crippen molar-refractivity contribution in [1.29, 1.82) is 0 Å². The summed E-state index contributed by atoms with van der Waals surface area (Å²) in [7, 11) is 1.55. The lowest BCUT2D eigenvalue weighted by atomic mass is 10.2. The standard InChI is InChI=1S/C13H9ClN4O3S2/c1-21-8-4-6(2-3-7(8)14)11-15-9(5-22-11)23-12-10(13(19)20)16-18-17-12/h2-5H,1H3,(H,19,20)(H,16,17,18). The van der Waals surface area contributed by atoms with E-state index in [0.29, 0.717) is 15.8 Å². The number of carboxylic acid groups (broad SMARTS) is 1. The zero-order chi connectivity index (χ0) is 16.4. The van der Waals surface area contributed by atoms with E-state index in [1.54, 1.807) is 19.2 Å². The van der Waals surface area contributed by atoms with Gasteiger partial charge in [-0.25, -0.2) is 9.78 Å². The lowest BCUT2D eigenvalue weighted by Crippen LogP contribution is -1.98. The van der Waals surface area contributed by atoms with Gasteiger partial charge in [-0.1, -0.05) is 22.9 Å². The third-order valence-electron chi connectivity index (χ3n) is 2.81. The molecular weight excluding hydrogens is 360 g/mol. The number of nitrogens with zero attached hydrogens (tertiary/aromatic N) is 3. The third-order valence-corrected chi connectivity index (χ3v) is 5.06. The first-order valence-corrected chi connectivity index (χ1v) is 8.27. The zero-order valence-corrected chi connectivity index (χ0v) is 14.0. The van der Waals surface area contributed by atoms with Crippen LogP contribution in [0.25, 0.3) is 10.6 Å². The highest BCUT2D eigenvalue weighted by Crippen LogP contribution is 2.35. The van der Waals surface area contributed by atoms with Crippen LogP contribution in [0.3, 0.4) is 0 Å². The normalized spacial score (nSPS) is 10.7. The lowest BCUT2D eigenvalue weighted by Gasteiger charge is -2.04. The van der Waals surface area contributed by atoms with Crippen molar-refractivity contribution in [1.82, 2.24) is 20.4 Å². The van der Waals surface area contributed by atoms with Crippen LogP contribution in [0, 0.1) is 0 Å². The summed E-state index contributed by atoms with van der Waals surface area (Å²) < 4.78 is 5.19. The van der Waals surface area contributed by atoms with Crippen LogP contribution in [0.4, 0.5) is 0 Å². The first-order valence-electron chi connectivity index (χ1n) is 6.20. The molecular formula is C13H9ClN4O3S2. The molecule has 0 spiro atoms. The Kier molecular flexibility index (Phi) is 4.51. The predicted octanol–water partition coefficient (Wildman–Crippen LogP) is 3.44. The molecule has 2 N–H and O–H groups in total.